The van der Waals surface area contributed by atoms with Gasteiger partial charge >= 0.3 is 5.97 Å². The van der Waals surface area contributed by atoms with E-state index in [9.17, 15) is 9.59 Å². The van der Waals surface area contributed by atoms with E-state index in [2.05, 4.69) is 48.2 Å². The van der Waals surface area contributed by atoms with Crippen molar-refractivity contribution in [3.8, 4) is 11.4 Å². The zero-order valence-corrected chi connectivity index (χ0v) is 24.7. The lowest BCUT2D eigenvalue weighted by Gasteiger charge is -2.16. The Labute approximate surface area is 237 Å². The van der Waals surface area contributed by atoms with Gasteiger partial charge in [0, 0.05) is 23.1 Å². The van der Waals surface area contributed by atoms with Gasteiger partial charge < -0.3 is 10.1 Å². The fourth-order valence-electron chi connectivity index (χ4n) is 4.41. The molecule has 1 aromatic carbocycles. The first-order chi connectivity index (χ1) is 18.7. The molecule has 2 N–H and O–H groups in total. The molecule has 3 rings (SSSR count). The molecule has 0 saturated heterocycles. The summed E-state index contributed by atoms with van der Waals surface area (Å²) in [4.78, 5) is 28.8. The van der Waals surface area contributed by atoms with Crippen molar-refractivity contribution in [2.24, 2.45) is 0 Å². The molecule has 0 aliphatic rings. The lowest BCUT2D eigenvalue weighted by atomic mass is 9.92. The van der Waals surface area contributed by atoms with Gasteiger partial charge in [-0.25, -0.2) is 4.98 Å². The van der Waals surface area contributed by atoms with Crippen molar-refractivity contribution >= 4 is 34.8 Å². The fraction of sp³-hybridized carbons (Fsp3) is 0.600. The molecule has 0 atom stereocenters. The van der Waals surface area contributed by atoms with E-state index >= 15 is 0 Å². The van der Waals surface area contributed by atoms with Crippen molar-refractivity contribution in [2.45, 2.75) is 110 Å². The van der Waals surface area contributed by atoms with Crippen LogP contribution in [0.25, 0.3) is 17.0 Å². The highest BCUT2D eigenvalue weighted by atomic mass is 35.5. The van der Waals surface area contributed by atoms with E-state index in [0.29, 0.717) is 28.8 Å². The Hall–Kier alpha value is -2.87. The SMILES string of the molecule is CCCCCCCCCCCCOC(=O)CCC(=O)Nc1ccc(-c2nc3c(Cl)c(C(C)(C)C)[nH]n3n2)cc1. The highest BCUT2D eigenvalue weighted by Crippen LogP contribution is 2.32. The highest BCUT2D eigenvalue weighted by Gasteiger charge is 2.24. The average Bonchev–Trinajstić information content (AvgIpc) is 3.46. The van der Waals surface area contributed by atoms with E-state index in [0.717, 1.165) is 24.1 Å². The van der Waals surface area contributed by atoms with E-state index in [1.807, 2.05) is 12.1 Å². The number of carbonyl (C=O) groups is 2. The van der Waals surface area contributed by atoms with Crippen LogP contribution < -0.4 is 5.32 Å². The third-order valence-corrected chi connectivity index (χ3v) is 7.09. The minimum Gasteiger partial charge on any atom is -0.466 e. The van der Waals surface area contributed by atoms with Crippen LogP contribution >= 0.6 is 11.6 Å². The van der Waals surface area contributed by atoms with E-state index in [1.165, 1.54) is 51.4 Å². The molecule has 0 radical (unpaired) electrons. The molecule has 2 aromatic heterocycles. The summed E-state index contributed by atoms with van der Waals surface area (Å²) >= 11 is 6.52. The molecule has 9 heteroatoms. The smallest absolute Gasteiger partial charge is 0.306 e. The topological polar surface area (TPSA) is 101 Å². The van der Waals surface area contributed by atoms with Gasteiger partial charge in [0.15, 0.2) is 11.5 Å². The second kappa shape index (κ2) is 15.1. The van der Waals surface area contributed by atoms with Gasteiger partial charge in [-0.1, -0.05) is 97.1 Å². The number of benzene rings is 1. The molecule has 0 bridgehead atoms. The van der Waals surface area contributed by atoms with Crippen molar-refractivity contribution in [1.82, 2.24) is 19.8 Å². The van der Waals surface area contributed by atoms with Crippen molar-refractivity contribution < 1.29 is 14.3 Å². The van der Waals surface area contributed by atoms with Crippen LogP contribution in [0.5, 0.6) is 0 Å². The van der Waals surface area contributed by atoms with E-state index in [4.69, 9.17) is 16.3 Å². The number of carbonyl (C=O) groups excluding carboxylic acids is 2. The Morgan fingerprint density at radius 1 is 0.949 bits per heavy atom. The number of nitrogens with one attached hydrogen (secondary N) is 2. The quantitative estimate of drug-likeness (QED) is 0.138. The minimum absolute atomic E-state index is 0.0731. The summed E-state index contributed by atoms with van der Waals surface area (Å²) in [5.41, 5.74) is 2.75. The van der Waals surface area contributed by atoms with Crippen LogP contribution in [-0.4, -0.2) is 38.3 Å². The number of halogens is 1. The summed E-state index contributed by atoms with van der Waals surface area (Å²) in [6, 6.07) is 7.25. The van der Waals surface area contributed by atoms with Gasteiger partial charge in [-0.2, -0.15) is 4.63 Å². The Balaban J connectivity index is 1.32. The number of amides is 1. The zero-order chi connectivity index (χ0) is 28.3. The Kier molecular flexibility index (Phi) is 11.8. The van der Waals surface area contributed by atoms with Crippen LogP contribution in [0.15, 0.2) is 24.3 Å². The third kappa shape index (κ3) is 9.67. The van der Waals surface area contributed by atoms with Crippen molar-refractivity contribution in [2.75, 3.05) is 11.9 Å². The second-order valence-corrected chi connectivity index (χ2v) is 11.6. The van der Waals surface area contributed by atoms with Crippen LogP contribution in [0.4, 0.5) is 5.69 Å². The van der Waals surface area contributed by atoms with Crippen molar-refractivity contribution in [3.05, 3.63) is 35.0 Å². The number of ether oxygens (including phenoxy) is 1. The standard InChI is InChI=1S/C30H44ClN5O3/c1-5-6-7-8-9-10-11-12-13-14-21-39-25(38)20-19-24(37)32-23-17-15-22(16-18-23)28-33-29-26(31)27(30(2,3)4)34-36(29)35-28/h15-18,34H,5-14,19-21H2,1-4H3,(H,32,37). The van der Waals surface area contributed by atoms with Crippen molar-refractivity contribution in [3.63, 3.8) is 0 Å². The summed E-state index contributed by atoms with van der Waals surface area (Å²) in [7, 11) is 0. The fourth-order valence-corrected chi connectivity index (χ4v) is 4.86. The molecular formula is C30H44ClN5O3. The molecule has 0 unspecified atom stereocenters. The largest absolute Gasteiger partial charge is 0.466 e. The monoisotopic (exact) mass is 557 g/mol. The Morgan fingerprint density at radius 3 is 2.15 bits per heavy atom. The van der Waals surface area contributed by atoms with Crippen LogP contribution in [0, 0.1) is 0 Å². The normalized spacial score (nSPS) is 11.7. The minimum atomic E-state index is -0.328. The molecule has 2 heterocycles. The maximum Gasteiger partial charge on any atom is 0.306 e. The number of nitrogens with zero attached hydrogens (tertiary/aromatic N) is 3. The summed E-state index contributed by atoms with van der Waals surface area (Å²) in [6.07, 6.45) is 12.5. The molecule has 0 fully saturated rings. The van der Waals surface area contributed by atoms with Crippen LogP contribution in [0.3, 0.4) is 0 Å². The van der Waals surface area contributed by atoms with E-state index in [1.54, 1.807) is 16.8 Å². The molecule has 0 aliphatic carbocycles. The molecule has 0 saturated carbocycles. The van der Waals surface area contributed by atoms with Crippen molar-refractivity contribution in [1.29, 1.82) is 0 Å². The zero-order valence-electron chi connectivity index (χ0n) is 23.9. The first-order valence-corrected chi connectivity index (χ1v) is 14.8. The second-order valence-electron chi connectivity index (χ2n) is 11.2. The number of esters is 1. The predicted molar refractivity (Wildman–Crippen MR) is 157 cm³/mol. The maximum absolute atomic E-state index is 12.3. The number of rotatable bonds is 16. The number of aromatic nitrogens is 4. The maximum atomic E-state index is 12.3. The van der Waals surface area contributed by atoms with Gasteiger partial charge in [0.1, 0.15) is 5.02 Å². The van der Waals surface area contributed by atoms with E-state index < -0.39 is 0 Å². The van der Waals surface area contributed by atoms with Gasteiger partial charge in [-0.15, -0.1) is 5.10 Å². The number of hydrogen-bond acceptors (Lipinski definition) is 5. The van der Waals surface area contributed by atoms with Gasteiger partial charge in [-0.05, 0) is 30.7 Å². The first kappa shape index (κ1) is 30.7. The lowest BCUT2D eigenvalue weighted by molar-refractivity contribution is -0.144. The molecule has 1 amide bonds. The average molecular weight is 558 g/mol. The number of hydrogen-bond donors (Lipinski definition) is 2. The molecular weight excluding hydrogens is 514 g/mol. The number of unbranched alkanes of at least 4 members (excludes halogenated alkanes) is 9. The molecule has 214 valence electrons. The summed E-state index contributed by atoms with van der Waals surface area (Å²) < 4.78 is 6.87. The summed E-state index contributed by atoms with van der Waals surface area (Å²) in [5.74, 6) is -0.0218. The highest BCUT2D eigenvalue weighted by molar-refractivity contribution is 6.34. The first-order valence-electron chi connectivity index (χ1n) is 14.4. The van der Waals surface area contributed by atoms with Gasteiger partial charge in [0.2, 0.25) is 5.91 Å². The number of aromatic amines is 1. The number of fused-ring (bicyclic) bond motifs is 1. The lowest BCUT2D eigenvalue weighted by Crippen LogP contribution is -2.14. The molecule has 3 aromatic rings. The van der Waals surface area contributed by atoms with Crippen LogP contribution in [-0.2, 0) is 19.7 Å². The molecule has 8 nitrogen and oxygen atoms in total. The van der Waals surface area contributed by atoms with Gasteiger partial charge in [0.05, 0.1) is 18.7 Å². The predicted octanol–water partition coefficient (Wildman–Crippen LogP) is 7.86. The number of H-pyrrole nitrogens is 1. The van der Waals surface area contributed by atoms with Gasteiger partial charge in [0.25, 0.3) is 0 Å². The molecule has 0 aliphatic heterocycles. The van der Waals surface area contributed by atoms with Crippen LogP contribution in [0.2, 0.25) is 5.02 Å². The van der Waals surface area contributed by atoms with Gasteiger partial charge in [-0.3, -0.25) is 14.7 Å². The molecule has 0 spiro atoms. The number of anilines is 1. The molecule has 39 heavy (non-hydrogen) atoms. The van der Waals surface area contributed by atoms with Crippen LogP contribution in [0.1, 0.15) is 110 Å². The summed E-state index contributed by atoms with van der Waals surface area (Å²) in [6.45, 7) is 8.88. The van der Waals surface area contributed by atoms with E-state index in [-0.39, 0.29) is 30.1 Å². The Morgan fingerprint density at radius 2 is 1.56 bits per heavy atom. The Bertz CT molecular complexity index is 1190. The third-order valence-electron chi connectivity index (χ3n) is 6.73. The summed E-state index contributed by atoms with van der Waals surface area (Å²) in [5, 5.41) is 11.1.